The van der Waals surface area contributed by atoms with E-state index in [1.54, 1.807) is 0 Å². The van der Waals surface area contributed by atoms with Gasteiger partial charge in [-0.1, -0.05) is 106 Å². The van der Waals surface area contributed by atoms with Gasteiger partial charge in [0.1, 0.15) is 16.9 Å². The molecule has 0 radical (unpaired) electrons. The van der Waals surface area contributed by atoms with Crippen molar-refractivity contribution in [2.75, 3.05) is 0 Å². The molecular weight excluding hydrogens is 576 g/mol. The molecule has 0 bridgehead atoms. The normalized spacial score (nSPS) is 12.5. The minimum absolute atomic E-state index is 0.318. The number of hydrogen-bond acceptors (Lipinski definition) is 4. The number of hydrogen-bond donors (Lipinski definition) is 0. The standard InChI is InChI=1S/C42H36N4O/c1-25(2)28(5)35-22-21-33-37-26(3)19-20-34(40(37)47-42(33)45-35)41-44-36-24-43-23-27(4)38(36)46(41)39-31(29-13-8-6-9-14-29)17-12-18-32(39)30-15-10-7-11-16-30/h6-25,28H,1-5H3. The van der Waals surface area contributed by atoms with E-state index < -0.39 is 0 Å². The lowest BCUT2D eigenvalue weighted by atomic mass is 9.94. The minimum atomic E-state index is 0.318. The average molecular weight is 613 g/mol. The molecule has 4 aromatic carbocycles. The number of benzene rings is 4. The van der Waals surface area contributed by atoms with Gasteiger partial charge in [0, 0.05) is 39.7 Å². The minimum Gasteiger partial charge on any atom is -0.437 e. The van der Waals surface area contributed by atoms with Gasteiger partial charge in [-0.3, -0.25) is 9.55 Å². The fourth-order valence-corrected chi connectivity index (χ4v) is 6.78. The molecule has 5 nitrogen and oxygen atoms in total. The monoisotopic (exact) mass is 612 g/mol. The Hall–Kier alpha value is -5.55. The summed E-state index contributed by atoms with van der Waals surface area (Å²) >= 11 is 0. The van der Waals surface area contributed by atoms with Crippen LogP contribution in [0.2, 0.25) is 0 Å². The summed E-state index contributed by atoms with van der Waals surface area (Å²) in [7, 11) is 0. The number of aryl methyl sites for hydroxylation is 2. The second-order valence-corrected chi connectivity index (χ2v) is 12.9. The predicted octanol–water partition coefficient (Wildman–Crippen LogP) is 11.1. The molecule has 0 spiro atoms. The maximum absolute atomic E-state index is 6.76. The number of imidazole rings is 1. The van der Waals surface area contributed by atoms with Crippen molar-refractivity contribution in [2.24, 2.45) is 5.92 Å². The van der Waals surface area contributed by atoms with E-state index >= 15 is 0 Å². The third-order valence-electron chi connectivity index (χ3n) is 9.60. The van der Waals surface area contributed by atoms with Crippen LogP contribution < -0.4 is 0 Å². The van der Waals surface area contributed by atoms with Gasteiger partial charge in [-0.15, -0.1) is 0 Å². The van der Waals surface area contributed by atoms with E-state index in [1.165, 1.54) is 0 Å². The third-order valence-corrected chi connectivity index (χ3v) is 9.60. The summed E-state index contributed by atoms with van der Waals surface area (Å²) in [6.45, 7) is 10.9. The molecule has 0 saturated carbocycles. The Kier molecular flexibility index (Phi) is 6.98. The molecule has 5 heteroatoms. The number of aromatic nitrogens is 4. The molecule has 8 aromatic rings. The molecule has 47 heavy (non-hydrogen) atoms. The zero-order valence-corrected chi connectivity index (χ0v) is 27.3. The van der Waals surface area contributed by atoms with E-state index in [1.807, 2.05) is 12.4 Å². The molecule has 0 amide bonds. The molecule has 4 aromatic heterocycles. The van der Waals surface area contributed by atoms with Crippen LogP contribution in [0.5, 0.6) is 0 Å². The molecule has 0 aliphatic rings. The molecule has 230 valence electrons. The van der Waals surface area contributed by atoms with Crippen LogP contribution in [-0.2, 0) is 0 Å². The van der Waals surface area contributed by atoms with E-state index in [4.69, 9.17) is 14.4 Å². The number of rotatable bonds is 6. The molecule has 0 fully saturated rings. The maximum Gasteiger partial charge on any atom is 0.227 e. The van der Waals surface area contributed by atoms with Crippen molar-refractivity contribution in [3.05, 3.63) is 132 Å². The molecule has 0 aliphatic carbocycles. The molecule has 4 heterocycles. The van der Waals surface area contributed by atoms with Crippen molar-refractivity contribution >= 4 is 33.1 Å². The van der Waals surface area contributed by atoms with E-state index in [9.17, 15) is 0 Å². The van der Waals surface area contributed by atoms with Crippen LogP contribution in [0.3, 0.4) is 0 Å². The highest BCUT2D eigenvalue weighted by atomic mass is 16.3. The van der Waals surface area contributed by atoms with Crippen LogP contribution in [0.15, 0.2) is 120 Å². The lowest BCUT2D eigenvalue weighted by Crippen LogP contribution is -2.04. The third kappa shape index (κ3) is 4.73. The topological polar surface area (TPSA) is 56.7 Å². The quantitative estimate of drug-likeness (QED) is 0.187. The first-order chi connectivity index (χ1) is 22.9. The van der Waals surface area contributed by atoms with Gasteiger partial charge < -0.3 is 4.42 Å². The van der Waals surface area contributed by atoms with Crippen molar-refractivity contribution in [1.29, 1.82) is 0 Å². The number of nitrogens with zero attached hydrogens (tertiary/aromatic N) is 4. The van der Waals surface area contributed by atoms with Crippen LogP contribution in [0, 0.1) is 19.8 Å². The first kappa shape index (κ1) is 28.9. The summed E-state index contributed by atoms with van der Waals surface area (Å²) in [5.74, 6) is 1.59. The van der Waals surface area contributed by atoms with Crippen LogP contribution in [-0.4, -0.2) is 19.5 Å². The summed E-state index contributed by atoms with van der Waals surface area (Å²) in [4.78, 5) is 14.9. The SMILES string of the molecule is Cc1ccc(-c2nc3cncc(C)c3n2-c2c(-c3ccccc3)cccc2-c2ccccc2)c2oc3nc(C(C)C(C)C)ccc3c12. The fourth-order valence-electron chi connectivity index (χ4n) is 6.78. The highest BCUT2D eigenvalue weighted by Gasteiger charge is 2.26. The summed E-state index contributed by atoms with van der Waals surface area (Å²) in [6, 6.07) is 36.4. The molecule has 1 unspecified atom stereocenters. The van der Waals surface area contributed by atoms with E-state index in [2.05, 4.69) is 147 Å². The first-order valence-corrected chi connectivity index (χ1v) is 16.3. The predicted molar refractivity (Wildman–Crippen MR) is 193 cm³/mol. The van der Waals surface area contributed by atoms with Crippen molar-refractivity contribution in [1.82, 2.24) is 19.5 Å². The van der Waals surface area contributed by atoms with Gasteiger partial charge >= 0.3 is 0 Å². The van der Waals surface area contributed by atoms with E-state index in [0.717, 1.165) is 83.5 Å². The number of para-hydroxylation sites is 1. The summed E-state index contributed by atoms with van der Waals surface area (Å²) in [6.07, 6.45) is 3.78. The van der Waals surface area contributed by atoms with Crippen molar-refractivity contribution in [3.8, 4) is 39.3 Å². The van der Waals surface area contributed by atoms with Gasteiger partial charge in [-0.05, 0) is 60.2 Å². The highest BCUT2D eigenvalue weighted by molar-refractivity contribution is 6.10. The Morgan fingerprint density at radius 3 is 1.98 bits per heavy atom. The zero-order chi connectivity index (χ0) is 32.2. The molecule has 0 N–H and O–H groups in total. The fraction of sp³-hybridized carbons (Fsp3) is 0.167. The van der Waals surface area contributed by atoms with Gasteiger partial charge in [0.05, 0.1) is 23.0 Å². The van der Waals surface area contributed by atoms with Crippen molar-refractivity contribution in [3.63, 3.8) is 0 Å². The zero-order valence-electron chi connectivity index (χ0n) is 27.3. The van der Waals surface area contributed by atoms with Crippen molar-refractivity contribution < 1.29 is 4.42 Å². The largest absolute Gasteiger partial charge is 0.437 e. The van der Waals surface area contributed by atoms with Gasteiger partial charge in [0.15, 0.2) is 0 Å². The van der Waals surface area contributed by atoms with Gasteiger partial charge in [0.25, 0.3) is 0 Å². The molecular formula is C42H36N4O. The second-order valence-electron chi connectivity index (χ2n) is 12.9. The maximum atomic E-state index is 6.76. The summed E-state index contributed by atoms with van der Waals surface area (Å²) < 4.78 is 9.08. The molecule has 0 aliphatic heterocycles. The van der Waals surface area contributed by atoms with Crippen LogP contribution in [0.4, 0.5) is 0 Å². The lowest BCUT2D eigenvalue weighted by molar-refractivity contribution is 0.521. The Bertz CT molecular complexity index is 2360. The summed E-state index contributed by atoms with van der Waals surface area (Å²) in [5, 5.41) is 2.09. The Morgan fingerprint density at radius 1 is 0.638 bits per heavy atom. The molecule has 1 atom stereocenters. The number of fused-ring (bicyclic) bond motifs is 4. The van der Waals surface area contributed by atoms with E-state index in [0.29, 0.717) is 17.5 Å². The van der Waals surface area contributed by atoms with Crippen LogP contribution in [0.1, 0.15) is 43.5 Å². The van der Waals surface area contributed by atoms with Gasteiger partial charge in [0.2, 0.25) is 5.71 Å². The lowest BCUT2D eigenvalue weighted by Gasteiger charge is -2.20. The molecule has 8 rings (SSSR count). The second kappa shape index (κ2) is 11.4. The van der Waals surface area contributed by atoms with E-state index in [-0.39, 0.29) is 0 Å². The molecule has 0 saturated heterocycles. The summed E-state index contributed by atoms with van der Waals surface area (Å²) in [5.41, 5.74) is 13.0. The highest BCUT2D eigenvalue weighted by Crippen LogP contribution is 2.44. The van der Waals surface area contributed by atoms with Crippen molar-refractivity contribution in [2.45, 2.75) is 40.5 Å². The average Bonchev–Trinajstić information content (AvgIpc) is 3.68. The van der Waals surface area contributed by atoms with Gasteiger partial charge in [-0.2, -0.15) is 0 Å². The number of furan rings is 1. The first-order valence-electron chi connectivity index (χ1n) is 16.3. The van der Waals surface area contributed by atoms with Gasteiger partial charge in [-0.25, -0.2) is 9.97 Å². The van der Waals surface area contributed by atoms with Crippen LogP contribution in [0.25, 0.3) is 72.4 Å². The smallest absolute Gasteiger partial charge is 0.227 e. The Labute approximate surface area is 274 Å². The Balaban J connectivity index is 1.49. The number of pyridine rings is 2. The van der Waals surface area contributed by atoms with Crippen LogP contribution >= 0.6 is 0 Å². The Morgan fingerprint density at radius 2 is 1.32 bits per heavy atom.